The van der Waals surface area contributed by atoms with Crippen molar-refractivity contribution < 1.29 is 4.74 Å². The van der Waals surface area contributed by atoms with Gasteiger partial charge >= 0.3 is 0 Å². The van der Waals surface area contributed by atoms with Crippen molar-refractivity contribution in [1.29, 1.82) is 0 Å². The number of nitrogens with one attached hydrogen (secondary N) is 2. The van der Waals surface area contributed by atoms with Gasteiger partial charge in [-0.2, -0.15) is 0 Å². The zero-order chi connectivity index (χ0) is 17.2. The quantitative estimate of drug-likeness (QED) is 0.607. The molecule has 0 amide bonds. The van der Waals surface area contributed by atoms with Crippen LogP contribution in [0.2, 0.25) is 0 Å². The van der Waals surface area contributed by atoms with Crippen LogP contribution in [0.5, 0.6) is 5.75 Å². The Hall–Kier alpha value is -2.56. The van der Waals surface area contributed by atoms with Gasteiger partial charge in [0, 0.05) is 31.4 Å². The number of ether oxygens (including phenoxy) is 1. The minimum absolute atomic E-state index is 0.629. The lowest BCUT2D eigenvalue weighted by Crippen LogP contribution is -2.38. The van der Waals surface area contributed by atoms with Gasteiger partial charge in [-0.15, -0.1) is 0 Å². The molecule has 0 saturated carbocycles. The lowest BCUT2D eigenvalue weighted by Gasteiger charge is -2.11. The molecule has 1 aromatic heterocycles. The van der Waals surface area contributed by atoms with E-state index < -0.39 is 0 Å². The molecule has 5 heteroatoms. The number of aryl methyl sites for hydroxylation is 1. The van der Waals surface area contributed by atoms with Crippen molar-refractivity contribution in [1.82, 2.24) is 15.6 Å². The van der Waals surface area contributed by atoms with E-state index in [1.54, 1.807) is 7.11 Å². The smallest absolute Gasteiger partial charge is 0.191 e. The number of hydrogen-bond acceptors (Lipinski definition) is 3. The topological polar surface area (TPSA) is 58.5 Å². The van der Waals surface area contributed by atoms with Gasteiger partial charge in [-0.3, -0.25) is 4.98 Å². The first-order valence-electron chi connectivity index (χ1n) is 8.28. The van der Waals surface area contributed by atoms with Crippen LogP contribution >= 0.6 is 0 Å². The minimum atomic E-state index is 0.629. The number of methoxy groups -OCH3 is 1. The molecule has 0 saturated heterocycles. The summed E-state index contributed by atoms with van der Waals surface area (Å²) in [5, 5.41) is 6.62. The van der Waals surface area contributed by atoms with E-state index in [1.165, 1.54) is 0 Å². The molecule has 1 aromatic carbocycles. The first kappa shape index (κ1) is 17.8. The molecule has 24 heavy (non-hydrogen) atoms. The average Bonchev–Trinajstić information content (AvgIpc) is 2.60. The monoisotopic (exact) mass is 326 g/mol. The first-order chi connectivity index (χ1) is 11.7. The Bertz CT molecular complexity index is 656. The zero-order valence-electron chi connectivity index (χ0n) is 14.7. The lowest BCUT2D eigenvalue weighted by molar-refractivity contribution is 0.411. The van der Waals surface area contributed by atoms with E-state index in [4.69, 9.17) is 4.74 Å². The summed E-state index contributed by atoms with van der Waals surface area (Å²) >= 11 is 0. The molecule has 0 aliphatic carbocycles. The van der Waals surface area contributed by atoms with Gasteiger partial charge in [-0.25, -0.2) is 4.99 Å². The number of rotatable bonds is 7. The molecule has 0 aliphatic rings. The number of aromatic nitrogens is 1. The predicted molar refractivity (Wildman–Crippen MR) is 98.5 cm³/mol. The maximum Gasteiger partial charge on any atom is 0.191 e. The summed E-state index contributed by atoms with van der Waals surface area (Å²) in [4.78, 5) is 8.97. The molecule has 0 fully saturated rings. The van der Waals surface area contributed by atoms with Gasteiger partial charge in [-0.05, 0) is 43.2 Å². The van der Waals surface area contributed by atoms with Gasteiger partial charge in [0.15, 0.2) is 5.96 Å². The van der Waals surface area contributed by atoms with Crippen molar-refractivity contribution in [3.8, 4) is 5.75 Å². The molecule has 2 rings (SSSR count). The predicted octanol–water partition coefficient (Wildman–Crippen LogP) is 2.70. The minimum Gasteiger partial charge on any atom is -0.496 e. The molecule has 0 atom stereocenters. The largest absolute Gasteiger partial charge is 0.496 e. The summed E-state index contributed by atoms with van der Waals surface area (Å²) in [5.74, 6) is 1.73. The summed E-state index contributed by atoms with van der Waals surface area (Å²) in [7, 11) is 1.69. The summed E-state index contributed by atoms with van der Waals surface area (Å²) in [6.07, 6.45) is 2.69. The average molecular weight is 326 g/mol. The standard InChI is InChI=1S/C19H26N4O/c1-4-20-19(22-12-10-17-7-5-6-11-21-17)23-14-16-8-9-18(24-3)15(2)13-16/h5-9,11,13H,4,10,12,14H2,1-3H3,(H2,20,22,23). The second-order valence-electron chi connectivity index (χ2n) is 5.50. The molecular formula is C19H26N4O. The van der Waals surface area contributed by atoms with Gasteiger partial charge in [0.25, 0.3) is 0 Å². The van der Waals surface area contributed by atoms with Crippen molar-refractivity contribution >= 4 is 5.96 Å². The third-order valence-corrected chi connectivity index (χ3v) is 3.62. The van der Waals surface area contributed by atoms with E-state index in [0.717, 1.165) is 48.0 Å². The third kappa shape index (κ3) is 5.57. The van der Waals surface area contributed by atoms with Crippen LogP contribution < -0.4 is 15.4 Å². The Morgan fingerprint density at radius 3 is 2.75 bits per heavy atom. The first-order valence-corrected chi connectivity index (χ1v) is 8.28. The SMILES string of the molecule is CCNC(=NCc1ccc(OC)c(C)c1)NCCc1ccccn1. The molecule has 0 bridgehead atoms. The van der Waals surface area contributed by atoms with Crippen LogP contribution in [0.15, 0.2) is 47.6 Å². The fourth-order valence-corrected chi connectivity index (χ4v) is 2.41. The second-order valence-corrected chi connectivity index (χ2v) is 5.50. The zero-order valence-corrected chi connectivity index (χ0v) is 14.7. The van der Waals surface area contributed by atoms with Crippen molar-refractivity contribution in [3.05, 3.63) is 59.4 Å². The number of guanidine groups is 1. The van der Waals surface area contributed by atoms with Crippen LogP contribution in [-0.4, -0.2) is 31.1 Å². The Morgan fingerprint density at radius 2 is 2.08 bits per heavy atom. The molecule has 2 aromatic rings. The van der Waals surface area contributed by atoms with Gasteiger partial charge in [-0.1, -0.05) is 18.2 Å². The lowest BCUT2D eigenvalue weighted by atomic mass is 10.1. The van der Waals surface area contributed by atoms with Crippen LogP contribution in [0.3, 0.4) is 0 Å². The number of benzene rings is 1. The Morgan fingerprint density at radius 1 is 1.21 bits per heavy atom. The Kier molecular flexibility index (Phi) is 7.08. The number of pyridine rings is 1. The molecule has 2 N–H and O–H groups in total. The fourth-order valence-electron chi connectivity index (χ4n) is 2.41. The molecule has 0 spiro atoms. The summed E-state index contributed by atoms with van der Waals surface area (Å²) in [6, 6.07) is 12.1. The number of aliphatic imine (C=N–C) groups is 1. The van der Waals surface area contributed by atoms with Crippen molar-refractivity contribution in [2.45, 2.75) is 26.8 Å². The van der Waals surface area contributed by atoms with Crippen LogP contribution in [0.4, 0.5) is 0 Å². The van der Waals surface area contributed by atoms with Gasteiger partial charge in [0.2, 0.25) is 0 Å². The third-order valence-electron chi connectivity index (χ3n) is 3.62. The summed E-state index contributed by atoms with van der Waals surface area (Å²) in [5.41, 5.74) is 3.36. The van der Waals surface area contributed by atoms with E-state index in [-0.39, 0.29) is 0 Å². The molecule has 0 radical (unpaired) electrons. The molecule has 128 valence electrons. The van der Waals surface area contributed by atoms with Crippen LogP contribution in [0.25, 0.3) is 0 Å². The highest BCUT2D eigenvalue weighted by atomic mass is 16.5. The van der Waals surface area contributed by atoms with Gasteiger partial charge in [0.05, 0.1) is 13.7 Å². The molecule has 5 nitrogen and oxygen atoms in total. The van der Waals surface area contributed by atoms with E-state index in [9.17, 15) is 0 Å². The highest BCUT2D eigenvalue weighted by Crippen LogP contribution is 2.18. The number of hydrogen-bond donors (Lipinski definition) is 2. The maximum atomic E-state index is 5.29. The van der Waals surface area contributed by atoms with Gasteiger partial charge < -0.3 is 15.4 Å². The van der Waals surface area contributed by atoms with Crippen LogP contribution in [0, 0.1) is 6.92 Å². The Labute approximate surface area is 144 Å². The molecular weight excluding hydrogens is 300 g/mol. The van der Waals surface area contributed by atoms with E-state index in [0.29, 0.717) is 6.54 Å². The summed E-state index contributed by atoms with van der Waals surface area (Å²) < 4.78 is 5.29. The van der Waals surface area contributed by atoms with Crippen LogP contribution in [-0.2, 0) is 13.0 Å². The van der Waals surface area contributed by atoms with E-state index in [1.807, 2.05) is 43.5 Å². The van der Waals surface area contributed by atoms with Crippen molar-refractivity contribution in [3.63, 3.8) is 0 Å². The fraction of sp³-hybridized carbons (Fsp3) is 0.368. The van der Waals surface area contributed by atoms with Crippen LogP contribution in [0.1, 0.15) is 23.7 Å². The Balaban J connectivity index is 1.91. The highest BCUT2D eigenvalue weighted by Gasteiger charge is 2.01. The second kappa shape index (κ2) is 9.55. The summed E-state index contributed by atoms with van der Waals surface area (Å²) in [6.45, 7) is 6.36. The van der Waals surface area contributed by atoms with Crippen molar-refractivity contribution in [2.75, 3.05) is 20.2 Å². The molecule has 0 unspecified atom stereocenters. The van der Waals surface area contributed by atoms with Crippen molar-refractivity contribution in [2.24, 2.45) is 4.99 Å². The molecule has 1 heterocycles. The van der Waals surface area contributed by atoms with E-state index >= 15 is 0 Å². The van der Waals surface area contributed by atoms with E-state index in [2.05, 4.69) is 33.6 Å². The molecule has 0 aliphatic heterocycles. The van der Waals surface area contributed by atoms with Gasteiger partial charge in [0.1, 0.15) is 5.75 Å². The highest BCUT2D eigenvalue weighted by molar-refractivity contribution is 5.79. The number of nitrogens with zero attached hydrogens (tertiary/aromatic N) is 2. The maximum absolute atomic E-state index is 5.29. The normalized spacial score (nSPS) is 11.2.